The zero-order valence-electron chi connectivity index (χ0n) is 13.4. The number of halogens is 1. The number of nitrogens with one attached hydrogen (secondary N) is 2. The molecule has 0 saturated heterocycles. The second-order valence-electron chi connectivity index (χ2n) is 5.12. The molecule has 126 valence electrons. The molecule has 1 amide bonds. The largest absolute Gasteiger partial charge is 0.497 e. The normalized spacial score (nSPS) is 10.8. The van der Waals surface area contributed by atoms with Gasteiger partial charge in [0, 0.05) is 16.1 Å². The van der Waals surface area contributed by atoms with Gasteiger partial charge in [-0.2, -0.15) is 10.2 Å². The Hall–Kier alpha value is -3.12. The van der Waals surface area contributed by atoms with Crippen LogP contribution in [0, 0.1) is 0 Å². The standard InChI is InChI=1S/C18H15ClN4O2/c1-25-14-8-6-12(7-9-14)16-10-17(22-21-16)18(24)23-20-11-13-4-2-3-5-15(13)19/h2-11H,1H3,(H,21,22)(H,23,24). The van der Waals surface area contributed by atoms with Gasteiger partial charge in [0.25, 0.3) is 5.91 Å². The summed E-state index contributed by atoms with van der Waals surface area (Å²) in [5.41, 5.74) is 4.99. The molecule has 2 aromatic carbocycles. The Kier molecular flexibility index (Phi) is 5.11. The highest BCUT2D eigenvalue weighted by atomic mass is 35.5. The number of H-pyrrole nitrogens is 1. The fraction of sp³-hybridized carbons (Fsp3) is 0.0556. The lowest BCUT2D eigenvalue weighted by Gasteiger charge is -2.00. The number of hydrogen-bond donors (Lipinski definition) is 2. The zero-order valence-corrected chi connectivity index (χ0v) is 14.1. The van der Waals surface area contributed by atoms with Crippen LogP contribution in [0.2, 0.25) is 5.02 Å². The summed E-state index contributed by atoms with van der Waals surface area (Å²) in [5, 5.41) is 11.3. The van der Waals surface area contributed by atoms with Gasteiger partial charge in [0.15, 0.2) is 0 Å². The minimum atomic E-state index is -0.393. The molecule has 3 aromatic rings. The van der Waals surface area contributed by atoms with Crippen molar-refractivity contribution in [3.8, 4) is 17.0 Å². The molecule has 6 nitrogen and oxygen atoms in total. The van der Waals surface area contributed by atoms with Gasteiger partial charge < -0.3 is 4.74 Å². The highest BCUT2D eigenvalue weighted by Gasteiger charge is 2.10. The van der Waals surface area contributed by atoms with Crippen molar-refractivity contribution in [2.24, 2.45) is 5.10 Å². The SMILES string of the molecule is COc1ccc(-c2cc(C(=O)NN=Cc3ccccc3Cl)[nH]n2)cc1. The van der Waals surface area contributed by atoms with E-state index < -0.39 is 5.91 Å². The van der Waals surface area contributed by atoms with Gasteiger partial charge in [-0.25, -0.2) is 5.43 Å². The Morgan fingerprint density at radius 1 is 1.24 bits per heavy atom. The number of benzene rings is 2. The Labute approximate surface area is 149 Å². The van der Waals surface area contributed by atoms with Crippen molar-refractivity contribution < 1.29 is 9.53 Å². The molecule has 0 spiro atoms. The van der Waals surface area contributed by atoms with Crippen LogP contribution in [0.15, 0.2) is 59.7 Å². The molecule has 0 saturated carbocycles. The van der Waals surface area contributed by atoms with E-state index in [1.165, 1.54) is 6.21 Å². The highest BCUT2D eigenvalue weighted by molar-refractivity contribution is 6.33. The number of aromatic amines is 1. The maximum Gasteiger partial charge on any atom is 0.289 e. The third kappa shape index (κ3) is 4.05. The molecule has 0 atom stereocenters. The minimum Gasteiger partial charge on any atom is -0.497 e. The van der Waals surface area contributed by atoms with Crippen LogP contribution in [0.3, 0.4) is 0 Å². The molecule has 1 aromatic heterocycles. The number of hydrazone groups is 1. The number of ether oxygens (including phenoxy) is 1. The van der Waals surface area contributed by atoms with Crippen molar-refractivity contribution in [2.75, 3.05) is 7.11 Å². The molecule has 0 bridgehead atoms. The molecule has 25 heavy (non-hydrogen) atoms. The Bertz CT molecular complexity index is 903. The van der Waals surface area contributed by atoms with Crippen LogP contribution < -0.4 is 10.2 Å². The summed E-state index contributed by atoms with van der Waals surface area (Å²) in [5.74, 6) is 0.363. The van der Waals surface area contributed by atoms with Crippen molar-refractivity contribution in [3.05, 3.63) is 70.9 Å². The number of hydrogen-bond acceptors (Lipinski definition) is 4. The second-order valence-corrected chi connectivity index (χ2v) is 5.52. The van der Waals surface area contributed by atoms with Crippen LogP contribution in [-0.4, -0.2) is 29.4 Å². The predicted octanol–water partition coefficient (Wildman–Crippen LogP) is 3.50. The molecule has 7 heteroatoms. The lowest BCUT2D eigenvalue weighted by atomic mass is 10.1. The first-order valence-electron chi connectivity index (χ1n) is 7.45. The van der Waals surface area contributed by atoms with Gasteiger partial charge in [-0.3, -0.25) is 9.89 Å². The fourth-order valence-corrected chi connectivity index (χ4v) is 2.33. The van der Waals surface area contributed by atoms with E-state index in [1.54, 1.807) is 25.3 Å². The summed E-state index contributed by atoms with van der Waals surface area (Å²) in [6.07, 6.45) is 1.49. The number of aromatic nitrogens is 2. The van der Waals surface area contributed by atoms with Gasteiger partial charge in [0.05, 0.1) is 19.0 Å². The first-order valence-corrected chi connectivity index (χ1v) is 7.83. The summed E-state index contributed by atoms with van der Waals surface area (Å²) < 4.78 is 5.12. The van der Waals surface area contributed by atoms with Crippen LogP contribution >= 0.6 is 11.6 Å². The van der Waals surface area contributed by atoms with Gasteiger partial charge >= 0.3 is 0 Å². The molecule has 0 aliphatic carbocycles. The Morgan fingerprint density at radius 3 is 2.72 bits per heavy atom. The lowest BCUT2D eigenvalue weighted by molar-refractivity contribution is 0.0950. The summed E-state index contributed by atoms with van der Waals surface area (Å²) >= 11 is 6.02. The number of carbonyl (C=O) groups excluding carboxylic acids is 1. The number of amides is 1. The Morgan fingerprint density at radius 2 is 2.00 bits per heavy atom. The third-order valence-electron chi connectivity index (χ3n) is 3.48. The van der Waals surface area contributed by atoms with E-state index in [2.05, 4.69) is 20.7 Å². The summed E-state index contributed by atoms with van der Waals surface area (Å²) in [6, 6.07) is 16.3. The quantitative estimate of drug-likeness (QED) is 0.543. The molecular formula is C18H15ClN4O2. The molecule has 0 radical (unpaired) electrons. The van der Waals surface area contributed by atoms with Crippen LogP contribution in [0.25, 0.3) is 11.3 Å². The van der Waals surface area contributed by atoms with E-state index in [0.717, 1.165) is 11.3 Å². The Balaban J connectivity index is 1.67. The van der Waals surface area contributed by atoms with Gasteiger partial charge in [-0.15, -0.1) is 0 Å². The van der Waals surface area contributed by atoms with Crippen molar-refractivity contribution in [1.82, 2.24) is 15.6 Å². The van der Waals surface area contributed by atoms with Crippen LogP contribution in [0.1, 0.15) is 16.1 Å². The average molecular weight is 355 g/mol. The smallest absolute Gasteiger partial charge is 0.289 e. The van der Waals surface area contributed by atoms with Crippen molar-refractivity contribution in [2.45, 2.75) is 0 Å². The molecule has 0 unspecified atom stereocenters. The predicted molar refractivity (Wildman–Crippen MR) is 97.1 cm³/mol. The maximum absolute atomic E-state index is 12.1. The van der Waals surface area contributed by atoms with Crippen molar-refractivity contribution in [1.29, 1.82) is 0 Å². The molecule has 0 aliphatic heterocycles. The average Bonchev–Trinajstić information content (AvgIpc) is 3.13. The topological polar surface area (TPSA) is 79.4 Å². The van der Waals surface area contributed by atoms with Crippen LogP contribution in [-0.2, 0) is 0 Å². The first kappa shape index (κ1) is 16.7. The molecule has 3 rings (SSSR count). The molecule has 2 N–H and O–H groups in total. The van der Waals surface area contributed by atoms with E-state index in [0.29, 0.717) is 22.0 Å². The van der Waals surface area contributed by atoms with Crippen molar-refractivity contribution in [3.63, 3.8) is 0 Å². The maximum atomic E-state index is 12.1. The minimum absolute atomic E-state index is 0.308. The van der Waals surface area contributed by atoms with Gasteiger partial charge in [-0.05, 0) is 36.4 Å². The van der Waals surface area contributed by atoms with E-state index >= 15 is 0 Å². The molecule has 0 fully saturated rings. The van der Waals surface area contributed by atoms with Gasteiger partial charge in [-0.1, -0.05) is 29.8 Å². The summed E-state index contributed by atoms with van der Waals surface area (Å²) in [7, 11) is 1.61. The molecular weight excluding hydrogens is 340 g/mol. The summed E-state index contributed by atoms with van der Waals surface area (Å²) in [6.45, 7) is 0. The number of nitrogens with zero attached hydrogens (tertiary/aromatic N) is 2. The van der Waals surface area contributed by atoms with Gasteiger partial charge in [0.2, 0.25) is 0 Å². The third-order valence-corrected chi connectivity index (χ3v) is 3.83. The molecule has 1 heterocycles. The fourth-order valence-electron chi connectivity index (χ4n) is 2.15. The summed E-state index contributed by atoms with van der Waals surface area (Å²) in [4.78, 5) is 12.1. The first-order chi connectivity index (χ1) is 12.2. The number of carbonyl (C=O) groups is 1. The van der Waals surface area contributed by atoms with E-state index in [1.807, 2.05) is 36.4 Å². The van der Waals surface area contributed by atoms with E-state index in [4.69, 9.17) is 16.3 Å². The van der Waals surface area contributed by atoms with E-state index in [-0.39, 0.29) is 0 Å². The number of methoxy groups -OCH3 is 1. The molecule has 0 aliphatic rings. The number of rotatable bonds is 5. The van der Waals surface area contributed by atoms with Crippen molar-refractivity contribution >= 4 is 23.7 Å². The zero-order chi connectivity index (χ0) is 17.6. The lowest BCUT2D eigenvalue weighted by Crippen LogP contribution is -2.18. The van der Waals surface area contributed by atoms with E-state index in [9.17, 15) is 4.79 Å². The highest BCUT2D eigenvalue weighted by Crippen LogP contribution is 2.21. The second kappa shape index (κ2) is 7.63. The van der Waals surface area contributed by atoms with Crippen LogP contribution in [0.5, 0.6) is 5.75 Å². The monoisotopic (exact) mass is 354 g/mol. The van der Waals surface area contributed by atoms with Crippen LogP contribution in [0.4, 0.5) is 0 Å². The van der Waals surface area contributed by atoms with Gasteiger partial charge in [0.1, 0.15) is 11.4 Å².